The van der Waals surface area contributed by atoms with Crippen molar-refractivity contribution in [2.24, 2.45) is 0 Å². The monoisotopic (exact) mass is 352 g/mol. The lowest BCUT2D eigenvalue weighted by atomic mass is 10.0. The molecule has 1 heterocycles. The van der Waals surface area contributed by atoms with Crippen molar-refractivity contribution in [2.75, 3.05) is 26.1 Å². The van der Waals surface area contributed by atoms with Crippen molar-refractivity contribution in [3.8, 4) is 11.5 Å². The standard InChI is InChI=1S/C20H20N2O4/c1-4-22-19(23)17(15-7-5-6-8-16(15)26-3)18(20(22)24)21-13-9-11-14(25-2)12-10-13/h5-12,21H,4H2,1-3H3. The first-order valence-corrected chi connectivity index (χ1v) is 8.25. The Balaban J connectivity index is 2.09. The lowest BCUT2D eigenvalue weighted by Gasteiger charge is -2.12. The van der Waals surface area contributed by atoms with Gasteiger partial charge in [0.1, 0.15) is 17.2 Å². The molecule has 1 N–H and O–H groups in total. The van der Waals surface area contributed by atoms with Crippen LogP contribution < -0.4 is 14.8 Å². The highest BCUT2D eigenvalue weighted by atomic mass is 16.5. The number of rotatable bonds is 6. The van der Waals surface area contributed by atoms with Crippen LogP contribution in [0.5, 0.6) is 11.5 Å². The Bertz CT molecular complexity index is 872. The third-order valence-electron chi connectivity index (χ3n) is 4.22. The van der Waals surface area contributed by atoms with Crippen molar-refractivity contribution in [3.63, 3.8) is 0 Å². The number of hydrogen-bond donors (Lipinski definition) is 1. The van der Waals surface area contributed by atoms with Gasteiger partial charge >= 0.3 is 0 Å². The lowest BCUT2D eigenvalue weighted by Crippen LogP contribution is -2.32. The predicted octanol–water partition coefficient (Wildman–Crippen LogP) is 2.92. The maximum absolute atomic E-state index is 12.8. The molecule has 3 rings (SSSR count). The number of para-hydroxylation sites is 1. The van der Waals surface area contributed by atoms with Crippen LogP contribution >= 0.6 is 0 Å². The molecule has 2 aromatic carbocycles. The van der Waals surface area contributed by atoms with Gasteiger partial charge in [0.15, 0.2) is 0 Å². The molecule has 2 aromatic rings. The Hall–Kier alpha value is -3.28. The fourth-order valence-corrected chi connectivity index (χ4v) is 2.90. The molecule has 0 saturated heterocycles. The van der Waals surface area contributed by atoms with Crippen LogP contribution in [0.25, 0.3) is 5.57 Å². The van der Waals surface area contributed by atoms with E-state index < -0.39 is 0 Å². The maximum Gasteiger partial charge on any atom is 0.278 e. The molecule has 0 aliphatic carbocycles. The predicted molar refractivity (Wildman–Crippen MR) is 98.9 cm³/mol. The minimum atomic E-state index is -0.353. The summed E-state index contributed by atoms with van der Waals surface area (Å²) < 4.78 is 10.5. The number of hydrogen-bond acceptors (Lipinski definition) is 5. The Morgan fingerprint density at radius 1 is 0.923 bits per heavy atom. The summed E-state index contributed by atoms with van der Waals surface area (Å²) in [5.74, 6) is 0.557. The van der Waals surface area contributed by atoms with Crippen LogP contribution in [0.2, 0.25) is 0 Å². The van der Waals surface area contributed by atoms with E-state index in [9.17, 15) is 9.59 Å². The minimum Gasteiger partial charge on any atom is -0.497 e. The molecule has 0 unspecified atom stereocenters. The van der Waals surface area contributed by atoms with Crippen LogP contribution in [-0.4, -0.2) is 37.5 Å². The number of carbonyl (C=O) groups excluding carboxylic acids is 2. The van der Waals surface area contributed by atoms with Gasteiger partial charge in [-0.25, -0.2) is 0 Å². The van der Waals surface area contributed by atoms with E-state index >= 15 is 0 Å². The average Bonchev–Trinajstić information content (AvgIpc) is 2.91. The SMILES string of the molecule is CCN1C(=O)C(Nc2ccc(OC)cc2)=C(c2ccccc2OC)C1=O. The summed E-state index contributed by atoms with van der Waals surface area (Å²) in [6.07, 6.45) is 0. The zero-order chi connectivity index (χ0) is 18.7. The summed E-state index contributed by atoms with van der Waals surface area (Å²) in [6.45, 7) is 2.07. The second-order valence-corrected chi connectivity index (χ2v) is 5.66. The number of benzene rings is 2. The highest BCUT2D eigenvalue weighted by Crippen LogP contribution is 2.35. The van der Waals surface area contributed by atoms with Crippen molar-refractivity contribution < 1.29 is 19.1 Å². The fourth-order valence-electron chi connectivity index (χ4n) is 2.90. The highest BCUT2D eigenvalue weighted by Gasteiger charge is 2.39. The maximum atomic E-state index is 12.8. The van der Waals surface area contributed by atoms with Gasteiger partial charge in [0.2, 0.25) is 0 Å². The van der Waals surface area contributed by atoms with E-state index in [0.717, 1.165) is 0 Å². The molecule has 6 heteroatoms. The Morgan fingerprint density at radius 2 is 1.62 bits per heavy atom. The fraction of sp³-hybridized carbons (Fsp3) is 0.200. The summed E-state index contributed by atoms with van der Waals surface area (Å²) >= 11 is 0. The first kappa shape index (κ1) is 17.5. The van der Waals surface area contributed by atoms with Crippen molar-refractivity contribution in [3.05, 3.63) is 59.8 Å². The van der Waals surface area contributed by atoms with Gasteiger partial charge in [0.05, 0.1) is 19.8 Å². The van der Waals surface area contributed by atoms with E-state index in [1.54, 1.807) is 50.4 Å². The summed E-state index contributed by atoms with van der Waals surface area (Å²) in [6, 6.07) is 14.3. The third-order valence-corrected chi connectivity index (χ3v) is 4.22. The zero-order valence-electron chi connectivity index (χ0n) is 14.9. The van der Waals surface area contributed by atoms with E-state index in [1.165, 1.54) is 12.0 Å². The number of anilines is 1. The van der Waals surface area contributed by atoms with Gasteiger partial charge in [-0.2, -0.15) is 0 Å². The number of likely N-dealkylation sites (N-methyl/N-ethyl adjacent to an activating group) is 1. The molecule has 6 nitrogen and oxygen atoms in total. The van der Waals surface area contributed by atoms with Crippen LogP contribution in [0.15, 0.2) is 54.2 Å². The van der Waals surface area contributed by atoms with Crippen molar-refractivity contribution >= 4 is 23.1 Å². The van der Waals surface area contributed by atoms with Crippen LogP contribution in [0.4, 0.5) is 5.69 Å². The van der Waals surface area contributed by atoms with Crippen molar-refractivity contribution in [1.29, 1.82) is 0 Å². The largest absolute Gasteiger partial charge is 0.497 e. The smallest absolute Gasteiger partial charge is 0.278 e. The van der Waals surface area contributed by atoms with E-state index in [2.05, 4.69) is 5.32 Å². The van der Waals surface area contributed by atoms with Crippen LogP contribution in [0, 0.1) is 0 Å². The molecule has 0 aromatic heterocycles. The van der Waals surface area contributed by atoms with Gasteiger partial charge in [-0.15, -0.1) is 0 Å². The number of nitrogens with one attached hydrogen (secondary N) is 1. The molecule has 2 amide bonds. The van der Waals surface area contributed by atoms with Crippen molar-refractivity contribution in [1.82, 2.24) is 4.90 Å². The van der Waals surface area contributed by atoms with E-state index in [-0.39, 0.29) is 17.5 Å². The molecule has 1 aliphatic rings. The number of imide groups is 1. The quantitative estimate of drug-likeness (QED) is 0.810. The van der Waals surface area contributed by atoms with Gasteiger partial charge in [-0.1, -0.05) is 18.2 Å². The van der Waals surface area contributed by atoms with Gasteiger partial charge in [0.25, 0.3) is 11.8 Å². The molecule has 0 atom stereocenters. The van der Waals surface area contributed by atoms with Crippen LogP contribution in [0.3, 0.4) is 0 Å². The number of ether oxygens (including phenoxy) is 2. The van der Waals surface area contributed by atoms with Crippen LogP contribution in [-0.2, 0) is 9.59 Å². The summed E-state index contributed by atoms with van der Waals surface area (Å²) in [5.41, 5.74) is 1.82. The second-order valence-electron chi connectivity index (χ2n) is 5.66. The molecule has 0 radical (unpaired) electrons. The van der Waals surface area contributed by atoms with Gasteiger partial charge in [-0.05, 0) is 37.3 Å². The first-order valence-electron chi connectivity index (χ1n) is 8.25. The number of methoxy groups -OCH3 is 2. The van der Waals surface area contributed by atoms with E-state index in [4.69, 9.17) is 9.47 Å². The van der Waals surface area contributed by atoms with Crippen molar-refractivity contribution in [2.45, 2.75) is 6.92 Å². The number of carbonyl (C=O) groups is 2. The molecule has 0 fully saturated rings. The van der Waals surface area contributed by atoms with Gasteiger partial charge in [-0.3, -0.25) is 14.5 Å². The summed E-state index contributed by atoms with van der Waals surface area (Å²) in [4.78, 5) is 26.8. The molecule has 134 valence electrons. The van der Waals surface area contributed by atoms with Gasteiger partial charge < -0.3 is 14.8 Å². The Labute approximate surface area is 152 Å². The Morgan fingerprint density at radius 3 is 2.23 bits per heavy atom. The van der Waals surface area contributed by atoms with Gasteiger partial charge in [0, 0.05) is 17.8 Å². The minimum absolute atomic E-state index is 0.242. The molecule has 1 aliphatic heterocycles. The lowest BCUT2D eigenvalue weighted by molar-refractivity contribution is -0.136. The van der Waals surface area contributed by atoms with E-state index in [0.29, 0.717) is 34.9 Å². The normalized spacial score (nSPS) is 14.0. The number of nitrogens with zero attached hydrogens (tertiary/aromatic N) is 1. The molecule has 26 heavy (non-hydrogen) atoms. The molecular weight excluding hydrogens is 332 g/mol. The molecule has 0 bridgehead atoms. The second kappa shape index (κ2) is 7.31. The third kappa shape index (κ3) is 3.01. The Kier molecular flexibility index (Phi) is 4.93. The number of amides is 2. The average molecular weight is 352 g/mol. The summed E-state index contributed by atoms with van der Waals surface area (Å²) in [7, 11) is 3.12. The van der Waals surface area contributed by atoms with E-state index in [1.807, 2.05) is 12.1 Å². The summed E-state index contributed by atoms with van der Waals surface area (Å²) in [5, 5.41) is 3.09. The zero-order valence-corrected chi connectivity index (χ0v) is 14.9. The highest BCUT2D eigenvalue weighted by molar-refractivity contribution is 6.37. The molecule has 0 saturated carbocycles. The molecule has 0 spiro atoms. The topological polar surface area (TPSA) is 67.9 Å². The van der Waals surface area contributed by atoms with Crippen LogP contribution in [0.1, 0.15) is 12.5 Å². The molecular formula is C20H20N2O4. The first-order chi connectivity index (χ1) is 12.6.